The van der Waals surface area contributed by atoms with E-state index in [4.69, 9.17) is 15.2 Å². The van der Waals surface area contributed by atoms with Gasteiger partial charge in [-0.15, -0.1) is 0 Å². The molecule has 72 valence electrons. The summed E-state index contributed by atoms with van der Waals surface area (Å²) in [5.74, 6) is -0.408. The van der Waals surface area contributed by atoms with Crippen molar-refractivity contribution >= 4 is 0 Å². The van der Waals surface area contributed by atoms with Gasteiger partial charge in [0.15, 0.2) is 5.79 Å². The summed E-state index contributed by atoms with van der Waals surface area (Å²) in [4.78, 5) is 0. The summed E-state index contributed by atoms with van der Waals surface area (Å²) >= 11 is 0. The van der Waals surface area contributed by atoms with Gasteiger partial charge in [0.2, 0.25) is 0 Å². The molecule has 1 saturated heterocycles. The Kier molecular flexibility index (Phi) is 3.50. The van der Waals surface area contributed by atoms with Gasteiger partial charge in [-0.2, -0.15) is 0 Å². The fourth-order valence-electron chi connectivity index (χ4n) is 1.62. The van der Waals surface area contributed by atoms with E-state index in [2.05, 4.69) is 6.92 Å². The molecule has 12 heavy (non-hydrogen) atoms. The topological polar surface area (TPSA) is 44.5 Å². The third-order valence-corrected chi connectivity index (χ3v) is 2.19. The van der Waals surface area contributed by atoms with Gasteiger partial charge < -0.3 is 15.2 Å². The molecular formula is C9H19NO2. The third kappa shape index (κ3) is 2.73. The van der Waals surface area contributed by atoms with Crippen LogP contribution >= 0.6 is 0 Å². The summed E-state index contributed by atoms with van der Waals surface area (Å²) in [5, 5.41) is 0. The van der Waals surface area contributed by atoms with Crippen LogP contribution in [0.3, 0.4) is 0 Å². The summed E-state index contributed by atoms with van der Waals surface area (Å²) in [6.07, 6.45) is 2.97. The Labute approximate surface area is 74.2 Å². The summed E-state index contributed by atoms with van der Waals surface area (Å²) in [5.41, 5.74) is 5.89. The molecule has 1 fully saturated rings. The van der Waals surface area contributed by atoms with Crippen molar-refractivity contribution in [3.63, 3.8) is 0 Å². The molecule has 0 radical (unpaired) electrons. The van der Waals surface area contributed by atoms with E-state index in [9.17, 15) is 0 Å². The second kappa shape index (κ2) is 4.21. The van der Waals surface area contributed by atoms with Crippen molar-refractivity contribution in [2.24, 2.45) is 5.73 Å². The number of hydrogen-bond acceptors (Lipinski definition) is 3. The smallest absolute Gasteiger partial charge is 0.167 e. The van der Waals surface area contributed by atoms with E-state index in [0.717, 1.165) is 19.3 Å². The molecule has 0 spiro atoms. The van der Waals surface area contributed by atoms with Crippen molar-refractivity contribution in [2.45, 2.75) is 44.9 Å². The quantitative estimate of drug-likeness (QED) is 0.696. The molecule has 0 aromatic rings. The highest BCUT2D eigenvalue weighted by Gasteiger charge is 2.32. The van der Waals surface area contributed by atoms with E-state index in [1.807, 2.05) is 6.92 Å². The highest BCUT2D eigenvalue weighted by Crippen LogP contribution is 2.24. The van der Waals surface area contributed by atoms with Crippen molar-refractivity contribution in [3.05, 3.63) is 0 Å². The SMILES string of the molecule is CCCC(N)CC1(C)OCCO1. The van der Waals surface area contributed by atoms with Crippen molar-refractivity contribution in [1.82, 2.24) is 0 Å². The van der Waals surface area contributed by atoms with Crippen LogP contribution in [0.1, 0.15) is 33.1 Å². The van der Waals surface area contributed by atoms with Gasteiger partial charge in [0.25, 0.3) is 0 Å². The maximum Gasteiger partial charge on any atom is 0.167 e. The summed E-state index contributed by atoms with van der Waals surface area (Å²) in [6.45, 7) is 5.51. The zero-order valence-corrected chi connectivity index (χ0v) is 8.01. The van der Waals surface area contributed by atoms with Crippen LogP contribution in [0.2, 0.25) is 0 Å². The van der Waals surface area contributed by atoms with Gasteiger partial charge in [-0.05, 0) is 13.3 Å². The second-order valence-corrected chi connectivity index (χ2v) is 3.58. The molecule has 3 nitrogen and oxygen atoms in total. The molecule has 1 aliphatic rings. The molecule has 1 unspecified atom stereocenters. The minimum absolute atomic E-state index is 0.207. The van der Waals surface area contributed by atoms with Gasteiger partial charge in [0.1, 0.15) is 0 Å². The molecule has 0 amide bonds. The zero-order valence-electron chi connectivity index (χ0n) is 8.01. The highest BCUT2D eigenvalue weighted by atomic mass is 16.7. The van der Waals surface area contributed by atoms with Crippen molar-refractivity contribution < 1.29 is 9.47 Å². The molecule has 1 atom stereocenters. The van der Waals surface area contributed by atoms with Gasteiger partial charge in [0.05, 0.1) is 13.2 Å². The number of hydrogen-bond donors (Lipinski definition) is 1. The van der Waals surface area contributed by atoms with Crippen LogP contribution in [-0.2, 0) is 9.47 Å². The first kappa shape index (κ1) is 9.96. The molecule has 2 N–H and O–H groups in total. The normalized spacial score (nSPS) is 24.2. The van der Waals surface area contributed by atoms with Crippen molar-refractivity contribution in [2.75, 3.05) is 13.2 Å². The lowest BCUT2D eigenvalue weighted by Gasteiger charge is -2.25. The third-order valence-electron chi connectivity index (χ3n) is 2.19. The van der Waals surface area contributed by atoms with E-state index in [0.29, 0.717) is 13.2 Å². The molecule has 0 bridgehead atoms. The lowest BCUT2D eigenvalue weighted by atomic mass is 10.0. The van der Waals surface area contributed by atoms with Crippen LogP contribution in [0, 0.1) is 0 Å². The van der Waals surface area contributed by atoms with Crippen molar-refractivity contribution in [1.29, 1.82) is 0 Å². The Morgan fingerprint density at radius 2 is 2.00 bits per heavy atom. The van der Waals surface area contributed by atoms with E-state index in [1.54, 1.807) is 0 Å². The molecular weight excluding hydrogens is 154 g/mol. The Hall–Kier alpha value is -0.120. The first-order chi connectivity index (χ1) is 5.66. The molecule has 0 saturated carbocycles. The monoisotopic (exact) mass is 173 g/mol. The average Bonchev–Trinajstić information content (AvgIpc) is 2.36. The van der Waals surface area contributed by atoms with Gasteiger partial charge in [-0.25, -0.2) is 0 Å². The zero-order chi connectivity index (χ0) is 9.03. The average molecular weight is 173 g/mol. The molecule has 0 aromatic heterocycles. The van der Waals surface area contributed by atoms with Gasteiger partial charge >= 0.3 is 0 Å². The number of nitrogens with two attached hydrogens (primary N) is 1. The fraction of sp³-hybridized carbons (Fsp3) is 1.00. The lowest BCUT2D eigenvalue weighted by Crippen LogP contribution is -2.35. The fourth-order valence-corrected chi connectivity index (χ4v) is 1.62. The summed E-state index contributed by atoms with van der Waals surface area (Å²) in [7, 11) is 0. The van der Waals surface area contributed by atoms with Gasteiger partial charge in [-0.1, -0.05) is 13.3 Å². The summed E-state index contributed by atoms with van der Waals surface area (Å²) in [6, 6.07) is 0.207. The highest BCUT2D eigenvalue weighted by molar-refractivity contribution is 4.75. The van der Waals surface area contributed by atoms with Crippen LogP contribution in [0.4, 0.5) is 0 Å². The lowest BCUT2D eigenvalue weighted by molar-refractivity contribution is -0.149. The summed E-state index contributed by atoms with van der Waals surface area (Å²) < 4.78 is 10.9. The maximum atomic E-state index is 5.89. The standard InChI is InChI=1S/C9H19NO2/c1-3-4-8(10)7-9(2)11-5-6-12-9/h8H,3-7,10H2,1-2H3. The number of ether oxygens (including phenoxy) is 2. The van der Waals surface area contributed by atoms with Gasteiger partial charge in [-0.3, -0.25) is 0 Å². The Bertz CT molecular complexity index is 132. The molecule has 1 aliphatic heterocycles. The van der Waals surface area contributed by atoms with Crippen molar-refractivity contribution in [3.8, 4) is 0 Å². The molecule has 3 heteroatoms. The van der Waals surface area contributed by atoms with Gasteiger partial charge in [0, 0.05) is 12.5 Å². The second-order valence-electron chi connectivity index (χ2n) is 3.58. The minimum atomic E-state index is -0.408. The number of rotatable bonds is 4. The maximum absolute atomic E-state index is 5.89. The predicted octanol–water partition coefficient (Wildman–Crippen LogP) is 1.27. The predicted molar refractivity (Wildman–Crippen MR) is 47.8 cm³/mol. The minimum Gasteiger partial charge on any atom is -0.348 e. The molecule has 0 aromatic carbocycles. The molecule has 0 aliphatic carbocycles. The first-order valence-corrected chi connectivity index (χ1v) is 4.70. The van der Waals surface area contributed by atoms with Crippen LogP contribution in [0.5, 0.6) is 0 Å². The first-order valence-electron chi connectivity index (χ1n) is 4.70. The Morgan fingerprint density at radius 3 is 2.50 bits per heavy atom. The van der Waals surface area contributed by atoms with Crippen LogP contribution in [0.25, 0.3) is 0 Å². The van der Waals surface area contributed by atoms with Crippen LogP contribution in [0.15, 0.2) is 0 Å². The largest absolute Gasteiger partial charge is 0.348 e. The molecule has 1 rings (SSSR count). The van der Waals surface area contributed by atoms with E-state index < -0.39 is 5.79 Å². The Morgan fingerprint density at radius 1 is 1.42 bits per heavy atom. The van der Waals surface area contributed by atoms with E-state index >= 15 is 0 Å². The van der Waals surface area contributed by atoms with E-state index in [-0.39, 0.29) is 6.04 Å². The van der Waals surface area contributed by atoms with Crippen LogP contribution in [-0.4, -0.2) is 25.0 Å². The molecule has 1 heterocycles. The Balaban J connectivity index is 2.28. The van der Waals surface area contributed by atoms with Crippen LogP contribution < -0.4 is 5.73 Å². The van der Waals surface area contributed by atoms with E-state index in [1.165, 1.54) is 0 Å².